The Morgan fingerprint density at radius 1 is 1.19 bits per heavy atom. The van der Waals surface area contributed by atoms with Crippen molar-refractivity contribution in [3.63, 3.8) is 0 Å². The minimum absolute atomic E-state index is 0.145. The summed E-state index contributed by atoms with van der Waals surface area (Å²) in [7, 11) is -3.57. The lowest BCUT2D eigenvalue weighted by Gasteiger charge is -2.33. The van der Waals surface area contributed by atoms with Crippen LogP contribution in [0.1, 0.15) is 48.2 Å². The number of allylic oxidation sites excluding steroid dienone is 1. The Labute approximate surface area is 183 Å². The van der Waals surface area contributed by atoms with Gasteiger partial charge in [-0.3, -0.25) is 0 Å². The third-order valence-corrected chi connectivity index (χ3v) is 7.85. The van der Waals surface area contributed by atoms with Crippen LogP contribution in [0.4, 0.5) is 0 Å². The zero-order chi connectivity index (χ0) is 22.0. The van der Waals surface area contributed by atoms with Gasteiger partial charge in [-0.1, -0.05) is 36.4 Å². The molecule has 7 heteroatoms. The van der Waals surface area contributed by atoms with Gasteiger partial charge in [-0.05, 0) is 56.0 Å². The first kappa shape index (κ1) is 21.5. The van der Waals surface area contributed by atoms with Gasteiger partial charge in [-0.25, -0.2) is 13.4 Å². The second-order valence-corrected chi connectivity index (χ2v) is 9.83. The topological polar surface area (TPSA) is 75.4 Å². The van der Waals surface area contributed by atoms with Crippen LogP contribution in [0.2, 0.25) is 0 Å². The normalized spacial score (nSPS) is 18.9. The van der Waals surface area contributed by atoms with Gasteiger partial charge in [-0.15, -0.1) is 0 Å². The molecule has 0 spiro atoms. The second kappa shape index (κ2) is 8.78. The molecule has 1 aromatic heterocycles. The third kappa shape index (κ3) is 4.35. The highest BCUT2D eigenvalue weighted by Crippen LogP contribution is 2.34. The van der Waals surface area contributed by atoms with Crippen LogP contribution in [-0.2, 0) is 16.6 Å². The first-order valence-corrected chi connectivity index (χ1v) is 11.9. The standard InChI is InChI=1S/C24H27N3O3S/c1-18-15-26(17-25-18)24-11-10-20(13-22(24)16-28)14-23-9-6-12-27(31(23,29)30)19(2)21-7-4-3-5-8-21/h3-5,7-8,10-11,13-15,17,19,28H,6,9,12,16H2,1-2H3. The molecular weight excluding hydrogens is 410 g/mol. The van der Waals surface area contributed by atoms with Crippen molar-refractivity contribution in [1.82, 2.24) is 13.9 Å². The molecule has 2 heterocycles. The average Bonchev–Trinajstić information content (AvgIpc) is 3.21. The number of rotatable bonds is 5. The van der Waals surface area contributed by atoms with E-state index in [-0.39, 0.29) is 12.6 Å². The maximum atomic E-state index is 13.4. The molecule has 0 bridgehead atoms. The second-order valence-electron chi connectivity index (χ2n) is 7.89. The van der Waals surface area contributed by atoms with E-state index in [1.165, 1.54) is 0 Å². The van der Waals surface area contributed by atoms with Crippen molar-refractivity contribution in [2.75, 3.05) is 6.54 Å². The Morgan fingerprint density at radius 2 is 1.97 bits per heavy atom. The Bertz CT molecular complexity index is 1200. The molecule has 31 heavy (non-hydrogen) atoms. The first-order chi connectivity index (χ1) is 14.9. The first-order valence-electron chi connectivity index (χ1n) is 10.4. The number of sulfonamides is 1. The van der Waals surface area contributed by atoms with E-state index in [2.05, 4.69) is 4.98 Å². The van der Waals surface area contributed by atoms with Gasteiger partial charge >= 0.3 is 0 Å². The molecule has 1 unspecified atom stereocenters. The zero-order valence-electron chi connectivity index (χ0n) is 17.8. The molecular formula is C24H27N3O3S. The van der Waals surface area contributed by atoms with Gasteiger partial charge in [0, 0.05) is 24.3 Å². The highest BCUT2D eigenvalue weighted by atomic mass is 32.2. The number of aliphatic hydroxyl groups is 1. The van der Waals surface area contributed by atoms with Gasteiger partial charge in [0.15, 0.2) is 0 Å². The van der Waals surface area contributed by atoms with E-state index >= 15 is 0 Å². The molecule has 0 aliphatic carbocycles. The fourth-order valence-corrected chi connectivity index (χ4v) is 5.96. The fourth-order valence-electron chi connectivity index (χ4n) is 4.07. The maximum absolute atomic E-state index is 13.4. The minimum atomic E-state index is -3.57. The van der Waals surface area contributed by atoms with Crippen molar-refractivity contribution in [3.8, 4) is 5.69 Å². The summed E-state index contributed by atoms with van der Waals surface area (Å²) in [5, 5.41) is 9.88. The summed E-state index contributed by atoms with van der Waals surface area (Å²) in [5.41, 5.74) is 4.17. The van der Waals surface area contributed by atoms with E-state index in [1.54, 1.807) is 16.7 Å². The Morgan fingerprint density at radius 3 is 2.65 bits per heavy atom. The van der Waals surface area contributed by atoms with E-state index in [0.717, 1.165) is 34.5 Å². The van der Waals surface area contributed by atoms with Gasteiger partial charge in [0.1, 0.15) is 0 Å². The summed E-state index contributed by atoms with van der Waals surface area (Å²) in [6.07, 6.45) is 6.62. The van der Waals surface area contributed by atoms with Gasteiger partial charge in [0.05, 0.1) is 29.2 Å². The monoisotopic (exact) mass is 437 g/mol. The molecule has 3 aromatic rings. The van der Waals surface area contributed by atoms with Crippen molar-refractivity contribution < 1.29 is 13.5 Å². The quantitative estimate of drug-likeness (QED) is 0.649. The van der Waals surface area contributed by atoms with E-state index < -0.39 is 10.0 Å². The third-order valence-electron chi connectivity index (χ3n) is 5.75. The summed E-state index contributed by atoms with van der Waals surface area (Å²) in [4.78, 5) is 4.65. The van der Waals surface area contributed by atoms with Crippen molar-refractivity contribution >= 4 is 16.1 Å². The van der Waals surface area contributed by atoms with E-state index in [4.69, 9.17) is 0 Å². The molecule has 1 fully saturated rings. The van der Waals surface area contributed by atoms with Crippen LogP contribution < -0.4 is 0 Å². The number of imidazole rings is 1. The summed E-state index contributed by atoms with van der Waals surface area (Å²) in [6.45, 7) is 4.20. The number of aliphatic hydroxyl groups excluding tert-OH is 1. The molecule has 1 aliphatic heterocycles. The number of hydrogen-bond acceptors (Lipinski definition) is 4. The Hall–Kier alpha value is -2.74. The van der Waals surface area contributed by atoms with Crippen molar-refractivity contribution in [2.24, 2.45) is 0 Å². The van der Waals surface area contributed by atoms with E-state index in [1.807, 2.05) is 73.1 Å². The van der Waals surface area contributed by atoms with Crippen LogP contribution in [0.25, 0.3) is 11.8 Å². The maximum Gasteiger partial charge on any atom is 0.239 e. The molecule has 4 rings (SSSR count). The smallest absolute Gasteiger partial charge is 0.239 e. The van der Waals surface area contributed by atoms with E-state index in [0.29, 0.717) is 17.9 Å². The van der Waals surface area contributed by atoms with Crippen molar-refractivity contribution in [1.29, 1.82) is 0 Å². The predicted molar refractivity (Wildman–Crippen MR) is 122 cm³/mol. The van der Waals surface area contributed by atoms with Crippen LogP contribution >= 0.6 is 0 Å². The average molecular weight is 438 g/mol. The highest BCUT2D eigenvalue weighted by molar-refractivity contribution is 7.93. The minimum Gasteiger partial charge on any atom is -0.392 e. The Balaban J connectivity index is 1.66. The highest BCUT2D eigenvalue weighted by Gasteiger charge is 2.34. The molecule has 0 amide bonds. The molecule has 2 aromatic carbocycles. The van der Waals surface area contributed by atoms with Crippen LogP contribution in [-0.4, -0.2) is 33.9 Å². The number of aryl methyl sites for hydroxylation is 1. The van der Waals surface area contributed by atoms with E-state index in [9.17, 15) is 13.5 Å². The van der Waals surface area contributed by atoms with Crippen LogP contribution in [0.3, 0.4) is 0 Å². The van der Waals surface area contributed by atoms with Gasteiger partial charge < -0.3 is 9.67 Å². The van der Waals surface area contributed by atoms with Crippen LogP contribution in [0, 0.1) is 6.92 Å². The predicted octanol–water partition coefficient (Wildman–Crippen LogP) is 4.20. The summed E-state index contributed by atoms with van der Waals surface area (Å²) < 4.78 is 30.2. The summed E-state index contributed by atoms with van der Waals surface area (Å²) in [5.74, 6) is 0. The van der Waals surface area contributed by atoms with Crippen LogP contribution in [0.15, 0.2) is 66.0 Å². The number of benzene rings is 2. The van der Waals surface area contributed by atoms with Gasteiger partial charge in [-0.2, -0.15) is 4.31 Å². The SMILES string of the molecule is Cc1cn(-c2ccc(C=C3CCCN(C(C)c4ccccc4)S3(=O)=O)cc2CO)cn1. The number of hydrogen-bond donors (Lipinski definition) is 1. The summed E-state index contributed by atoms with van der Waals surface area (Å²) in [6, 6.07) is 15.1. The Kier molecular flexibility index (Phi) is 6.09. The largest absolute Gasteiger partial charge is 0.392 e. The van der Waals surface area contributed by atoms with Crippen LogP contribution in [0.5, 0.6) is 0 Å². The molecule has 0 radical (unpaired) electrons. The molecule has 1 aliphatic rings. The zero-order valence-corrected chi connectivity index (χ0v) is 18.6. The molecule has 1 atom stereocenters. The number of aromatic nitrogens is 2. The lowest BCUT2D eigenvalue weighted by molar-refractivity contribution is 0.281. The van der Waals surface area contributed by atoms with Crippen molar-refractivity contribution in [3.05, 3.63) is 88.3 Å². The lowest BCUT2D eigenvalue weighted by Crippen LogP contribution is -2.38. The lowest BCUT2D eigenvalue weighted by atomic mass is 10.1. The number of nitrogens with zero attached hydrogens (tertiary/aromatic N) is 3. The molecule has 6 nitrogen and oxygen atoms in total. The molecule has 1 N–H and O–H groups in total. The molecule has 1 saturated heterocycles. The fraction of sp³-hybridized carbons (Fsp3) is 0.292. The summed E-state index contributed by atoms with van der Waals surface area (Å²) >= 11 is 0. The van der Waals surface area contributed by atoms with Gasteiger partial charge in [0.25, 0.3) is 0 Å². The molecule has 0 saturated carbocycles. The van der Waals surface area contributed by atoms with Gasteiger partial charge in [0.2, 0.25) is 10.0 Å². The van der Waals surface area contributed by atoms with Crippen molar-refractivity contribution in [2.45, 2.75) is 39.3 Å². The molecule has 162 valence electrons.